The first-order chi connectivity index (χ1) is 9.88. The lowest BCUT2D eigenvalue weighted by molar-refractivity contribution is -0.394. The Hall–Kier alpha value is -1.50. The number of hydrogen-bond acceptors (Lipinski definition) is 4. The topological polar surface area (TPSA) is 86.3 Å². The Labute approximate surface area is 131 Å². The number of nitro groups is 2. The van der Waals surface area contributed by atoms with Crippen molar-refractivity contribution >= 4 is 27.3 Å². The third-order valence-corrected chi connectivity index (χ3v) is 5.32. The van der Waals surface area contributed by atoms with Gasteiger partial charge in [-0.25, -0.2) is 0 Å². The molecule has 0 aliphatic heterocycles. The summed E-state index contributed by atoms with van der Waals surface area (Å²) in [6.07, 6.45) is 3.82. The molecule has 0 radical (unpaired) electrons. The van der Waals surface area contributed by atoms with E-state index >= 15 is 0 Å². The maximum absolute atomic E-state index is 11.2. The SMILES string of the molecule is CC1CCC(Br)C(Cc2ccc([N+](=O)[O-])cc2[N+](=O)[O-])C1. The summed E-state index contributed by atoms with van der Waals surface area (Å²) in [5.41, 5.74) is 0.189. The van der Waals surface area contributed by atoms with E-state index in [-0.39, 0.29) is 11.4 Å². The van der Waals surface area contributed by atoms with Crippen molar-refractivity contribution in [1.29, 1.82) is 0 Å². The predicted octanol–water partition coefficient (Wildman–Crippen LogP) is 4.25. The molecule has 0 bridgehead atoms. The molecule has 6 nitrogen and oxygen atoms in total. The van der Waals surface area contributed by atoms with E-state index in [4.69, 9.17) is 0 Å². The molecule has 1 aliphatic carbocycles. The highest BCUT2D eigenvalue weighted by Crippen LogP contribution is 2.37. The lowest BCUT2D eigenvalue weighted by atomic mass is 9.79. The highest BCUT2D eigenvalue weighted by molar-refractivity contribution is 9.09. The second-order valence-electron chi connectivity index (χ2n) is 5.73. The van der Waals surface area contributed by atoms with E-state index in [1.165, 1.54) is 12.1 Å². The summed E-state index contributed by atoms with van der Waals surface area (Å²) in [5, 5.41) is 21.9. The van der Waals surface area contributed by atoms with Gasteiger partial charge in [-0.15, -0.1) is 0 Å². The van der Waals surface area contributed by atoms with Crippen LogP contribution in [0.2, 0.25) is 0 Å². The minimum absolute atomic E-state index is 0.151. The second kappa shape index (κ2) is 6.51. The summed E-state index contributed by atoms with van der Waals surface area (Å²) >= 11 is 3.66. The van der Waals surface area contributed by atoms with E-state index in [9.17, 15) is 20.2 Å². The molecule has 0 heterocycles. The Morgan fingerprint density at radius 1 is 1.24 bits per heavy atom. The van der Waals surface area contributed by atoms with Gasteiger partial charge in [0.25, 0.3) is 11.4 Å². The Kier molecular flexibility index (Phi) is 4.92. The van der Waals surface area contributed by atoms with Gasteiger partial charge in [0, 0.05) is 16.5 Å². The van der Waals surface area contributed by atoms with Gasteiger partial charge in [-0.05, 0) is 43.6 Å². The number of rotatable bonds is 4. The first-order valence-corrected chi connectivity index (χ1v) is 7.85. The minimum atomic E-state index is -0.604. The number of alkyl halides is 1. The van der Waals surface area contributed by atoms with Gasteiger partial charge in [0.2, 0.25) is 0 Å². The van der Waals surface area contributed by atoms with E-state index in [2.05, 4.69) is 22.9 Å². The third-order valence-electron chi connectivity index (χ3n) is 4.11. The van der Waals surface area contributed by atoms with Crippen molar-refractivity contribution in [2.24, 2.45) is 11.8 Å². The first kappa shape index (κ1) is 15.9. The molecule has 0 saturated heterocycles. The van der Waals surface area contributed by atoms with Crippen molar-refractivity contribution in [3.8, 4) is 0 Å². The van der Waals surface area contributed by atoms with E-state index in [1.54, 1.807) is 0 Å². The van der Waals surface area contributed by atoms with Gasteiger partial charge < -0.3 is 0 Å². The quantitative estimate of drug-likeness (QED) is 0.458. The fraction of sp³-hybridized carbons (Fsp3) is 0.571. The monoisotopic (exact) mass is 356 g/mol. The second-order valence-corrected chi connectivity index (χ2v) is 6.90. The Balaban J connectivity index is 2.26. The molecule has 0 spiro atoms. The van der Waals surface area contributed by atoms with Gasteiger partial charge >= 0.3 is 0 Å². The molecule has 2 rings (SSSR count). The maximum atomic E-state index is 11.2. The Bertz CT molecular complexity index is 564. The zero-order valence-corrected chi connectivity index (χ0v) is 13.3. The summed E-state index contributed by atoms with van der Waals surface area (Å²) in [6.45, 7) is 2.19. The minimum Gasteiger partial charge on any atom is -0.258 e. The van der Waals surface area contributed by atoms with E-state index in [1.807, 2.05) is 0 Å². The first-order valence-electron chi connectivity index (χ1n) is 6.94. The van der Waals surface area contributed by atoms with Crippen LogP contribution in [0.3, 0.4) is 0 Å². The summed E-state index contributed by atoms with van der Waals surface area (Å²) in [7, 11) is 0. The van der Waals surface area contributed by atoms with Crippen molar-refractivity contribution in [1.82, 2.24) is 0 Å². The molecule has 21 heavy (non-hydrogen) atoms. The average molecular weight is 357 g/mol. The van der Waals surface area contributed by atoms with Gasteiger partial charge in [0.15, 0.2) is 0 Å². The van der Waals surface area contributed by atoms with Crippen LogP contribution in [-0.4, -0.2) is 14.7 Å². The molecule has 0 aromatic heterocycles. The van der Waals surface area contributed by atoms with Crippen molar-refractivity contribution in [3.05, 3.63) is 44.0 Å². The van der Waals surface area contributed by atoms with Crippen molar-refractivity contribution in [2.75, 3.05) is 0 Å². The van der Waals surface area contributed by atoms with Crippen molar-refractivity contribution in [2.45, 2.75) is 37.4 Å². The van der Waals surface area contributed by atoms with Crippen molar-refractivity contribution in [3.63, 3.8) is 0 Å². The van der Waals surface area contributed by atoms with Crippen LogP contribution < -0.4 is 0 Å². The van der Waals surface area contributed by atoms with Gasteiger partial charge in [0.05, 0.1) is 15.9 Å². The van der Waals surface area contributed by atoms with Crippen LogP contribution in [0.25, 0.3) is 0 Å². The molecular formula is C14H17BrN2O4. The number of benzene rings is 1. The number of nitrogens with zero attached hydrogens (tertiary/aromatic N) is 2. The lowest BCUT2D eigenvalue weighted by Gasteiger charge is -2.31. The van der Waals surface area contributed by atoms with E-state index in [0.717, 1.165) is 25.3 Å². The molecule has 0 N–H and O–H groups in total. The standard InChI is InChI=1S/C14H17BrN2O4/c1-9-2-5-13(15)11(6-9)7-10-3-4-12(16(18)19)8-14(10)17(20)21/h3-4,8-9,11,13H,2,5-7H2,1H3. The smallest absolute Gasteiger partial charge is 0.258 e. The van der Waals surface area contributed by atoms with Gasteiger partial charge in [-0.2, -0.15) is 0 Å². The fourth-order valence-corrected chi connectivity index (χ4v) is 3.63. The molecule has 3 atom stereocenters. The molecule has 1 saturated carbocycles. The van der Waals surface area contributed by atoms with E-state index in [0.29, 0.717) is 28.6 Å². The summed E-state index contributed by atoms with van der Waals surface area (Å²) < 4.78 is 0. The van der Waals surface area contributed by atoms with Gasteiger partial charge in [0.1, 0.15) is 0 Å². The molecule has 1 aliphatic rings. The highest BCUT2D eigenvalue weighted by Gasteiger charge is 2.29. The van der Waals surface area contributed by atoms with E-state index < -0.39 is 9.85 Å². The summed E-state index contributed by atoms with van der Waals surface area (Å²) in [6, 6.07) is 3.93. The molecule has 1 aromatic rings. The average Bonchev–Trinajstić information content (AvgIpc) is 2.42. The van der Waals surface area contributed by atoms with Crippen LogP contribution >= 0.6 is 15.9 Å². The van der Waals surface area contributed by atoms with Crippen LogP contribution in [0.15, 0.2) is 18.2 Å². The summed E-state index contributed by atoms with van der Waals surface area (Å²) in [5.74, 6) is 0.940. The lowest BCUT2D eigenvalue weighted by Crippen LogP contribution is -2.25. The normalized spacial score (nSPS) is 25.5. The van der Waals surface area contributed by atoms with Crippen LogP contribution in [-0.2, 0) is 6.42 Å². The number of non-ortho nitro benzene ring substituents is 1. The zero-order valence-electron chi connectivity index (χ0n) is 11.7. The number of halogens is 1. The van der Waals surface area contributed by atoms with Crippen LogP contribution in [0.5, 0.6) is 0 Å². The Morgan fingerprint density at radius 3 is 2.57 bits per heavy atom. The number of hydrogen-bond donors (Lipinski definition) is 0. The summed E-state index contributed by atoms with van der Waals surface area (Å²) in [4.78, 5) is 21.1. The fourth-order valence-electron chi connectivity index (χ4n) is 2.96. The molecule has 3 unspecified atom stereocenters. The van der Waals surface area contributed by atoms with Crippen LogP contribution in [0.1, 0.15) is 31.7 Å². The molecular weight excluding hydrogens is 340 g/mol. The largest absolute Gasteiger partial charge is 0.279 e. The molecule has 114 valence electrons. The molecule has 1 fully saturated rings. The molecule has 7 heteroatoms. The third kappa shape index (κ3) is 3.78. The number of nitro benzene ring substituents is 2. The highest BCUT2D eigenvalue weighted by atomic mass is 79.9. The van der Waals surface area contributed by atoms with Crippen molar-refractivity contribution < 1.29 is 9.85 Å². The zero-order chi connectivity index (χ0) is 15.6. The Morgan fingerprint density at radius 2 is 1.95 bits per heavy atom. The predicted molar refractivity (Wildman–Crippen MR) is 82.7 cm³/mol. The van der Waals surface area contributed by atoms with Crippen LogP contribution in [0, 0.1) is 32.1 Å². The maximum Gasteiger partial charge on any atom is 0.279 e. The van der Waals surface area contributed by atoms with Gasteiger partial charge in [-0.3, -0.25) is 20.2 Å². The van der Waals surface area contributed by atoms with Gasteiger partial charge in [-0.1, -0.05) is 22.9 Å². The van der Waals surface area contributed by atoms with Crippen LogP contribution in [0.4, 0.5) is 11.4 Å². The molecule has 1 aromatic carbocycles. The molecule has 0 amide bonds.